The molecule has 1 aromatic heterocycles. The van der Waals surface area contributed by atoms with Crippen molar-refractivity contribution < 1.29 is 13.9 Å². The fourth-order valence-corrected chi connectivity index (χ4v) is 2.25. The predicted molar refractivity (Wildman–Crippen MR) is 81.7 cm³/mol. The molecule has 20 heavy (non-hydrogen) atoms. The third kappa shape index (κ3) is 3.18. The second-order valence-electron chi connectivity index (χ2n) is 4.15. The number of nitrogens with two attached hydrogens (primary N) is 1. The molecule has 2 aromatic rings. The highest BCUT2D eigenvalue weighted by atomic mass is 127. The molecule has 3 N–H and O–H groups in total. The summed E-state index contributed by atoms with van der Waals surface area (Å²) < 4.78 is 20.4. The number of carbonyl (C=O) groups excluding carboxylic acids is 1. The van der Waals surface area contributed by atoms with Gasteiger partial charge in [0.1, 0.15) is 12.4 Å². The van der Waals surface area contributed by atoms with Gasteiger partial charge in [0.05, 0.1) is 21.2 Å². The number of hydrogen-bond acceptors (Lipinski definition) is 4. The summed E-state index contributed by atoms with van der Waals surface area (Å²) in [7, 11) is 1.55. The Bertz CT molecular complexity index is 644. The van der Waals surface area contributed by atoms with Crippen LogP contribution < -0.4 is 11.1 Å². The van der Waals surface area contributed by atoms with Crippen LogP contribution in [0.3, 0.4) is 0 Å². The van der Waals surface area contributed by atoms with Crippen LogP contribution in [0, 0.1) is 9.39 Å². The highest BCUT2D eigenvalue weighted by Crippen LogP contribution is 2.22. The van der Waals surface area contributed by atoms with Crippen molar-refractivity contribution in [2.75, 3.05) is 26.0 Å². The van der Waals surface area contributed by atoms with E-state index in [1.807, 2.05) is 22.6 Å². The number of imidazole rings is 1. The van der Waals surface area contributed by atoms with Gasteiger partial charge in [-0.3, -0.25) is 4.79 Å². The summed E-state index contributed by atoms with van der Waals surface area (Å²) in [5.74, 6) is -0.408. The van der Waals surface area contributed by atoms with E-state index in [4.69, 9.17) is 10.5 Å². The molecule has 0 aliphatic rings. The largest absolute Gasteiger partial charge is 0.383 e. The van der Waals surface area contributed by atoms with Gasteiger partial charge < -0.3 is 20.4 Å². The molecule has 108 valence electrons. The molecule has 0 spiro atoms. The zero-order valence-electron chi connectivity index (χ0n) is 10.8. The van der Waals surface area contributed by atoms with E-state index in [2.05, 4.69) is 10.3 Å². The number of fused-ring (bicyclic) bond motifs is 1. The van der Waals surface area contributed by atoms with Gasteiger partial charge in [0.25, 0.3) is 0 Å². The molecule has 0 saturated heterocycles. The second kappa shape index (κ2) is 6.35. The number of ether oxygens (including phenoxy) is 1. The zero-order valence-corrected chi connectivity index (χ0v) is 13.0. The van der Waals surface area contributed by atoms with E-state index in [9.17, 15) is 9.18 Å². The van der Waals surface area contributed by atoms with Crippen LogP contribution in [0.4, 0.5) is 10.3 Å². The summed E-state index contributed by atoms with van der Waals surface area (Å²) in [5.41, 5.74) is 6.85. The fourth-order valence-electron chi connectivity index (χ4n) is 1.80. The summed E-state index contributed by atoms with van der Waals surface area (Å²) in [6.45, 7) is 0.832. The van der Waals surface area contributed by atoms with Gasteiger partial charge >= 0.3 is 0 Å². The molecule has 1 aromatic carbocycles. The van der Waals surface area contributed by atoms with Crippen LogP contribution in [0.15, 0.2) is 12.1 Å². The molecule has 1 amide bonds. The number of rotatable bonds is 5. The molecule has 0 radical (unpaired) electrons. The van der Waals surface area contributed by atoms with Crippen molar-refractivity contribution in [1.29, 1.82) is 0 Å². The van der Waals surface area contributed by atoms with Crippen molar-refractivity contribution in [2.24, 2.45) is 0 Å². The predicted octanol–water partition coefficient (Wildman–Crippen LogP) is 1.12. The number of amides is 1. The van der Waals surface area contributed by atoms with Gasteiger partial charge in [-0.1, -0.05) is 0 Å². The van der Waals surface area contributed by atoms with Crippen molar-refractivity contribution in [1.82, 2.24) is 14.9 Å². The van der Waals surface area contributed by atoms with Crippen molar-refractivity contribution in [3.05, 3.63) is 21.5 Å². The van der Waals surface area contributed by atoms with Crippen molar-refractivity contribution in [3.63, 3.8) is 0 Å². The van der Waals surface area contributed by atoms with Gasteiger partial charge in [-0.2, -0.15) is 0 Å². The van der Waals surface area contributed by atoms with Gasteiger partial charge in [0.2, 0.25) is 11.9 Å². The van der Waals surface area contributed by atoms with E-state index >= 15 is 0 Å². The Morgan fingerprint density at radius 2 is 2.35 bits per heavy atom. The average Bonchev–Trinajstić information content (AvgIpc) is 2.67. The van der Waals surface area contributed by atoms with E-state index in [0.717, 1.165) is 0 Å². The number of nitrogens with one attached hydrogen (secondary N) is 1. The smallest absolute Gasteiger partial charge is 0.240 e. The number of nitrogens with zero attached hydrogens (tertiary/aromatic N) is 2. The SMILES string of the molecule is COCCNC(=O)Cn1c(N)nc2cc(I)c(F)cc21. The molecule has 0 bridgehead atoms. The molecule has 6 nitrogen and oxygen atoms in total. The van der Waals surface area contributed by atoms with Crippen LogP contribution in [-0.2, 0) is 16.1 Å². The van der Waals surface area contributed by atoms with E-state index < -0.39 is 0 Å². The van der Waals surface area contributed by atoms with E-state index in [0.29, 0.717) is 27.8 Å². The Balaban J connectivity index is 2.23. The Kier molecular flexibility index (Phi) is 4.76. The molecule has 1 heterocycles. The standard InChI is InChI=1S/C12H14FIN4O2/c1-20-3-2-16-11(19)6-18-10-4-7(13)8(14)5-9(10)17-12(18)15/h4-5H,2-3,6H2,1H3,(H2,15,17)(H,16,19). The maximum Gasteiger partial charge on any atom is 0.240 e. The first-order valence-electron chi connectivity index (χ1n) is 5.89. The molecule has 0 aliphatic carbocycles. The van der Waals surface area contributed by atoms with Crippen LogP contribution in [0.25, 0.3) is 11.0 Å². The van der Waals surface area contributed by atoms with Crippen molar-refractivity contribution in [3.8, 4) is 0 Å². The van der Waals surface area contributed by atoms with Crippen LogP contribution in [0.2, 0.25) is 0 Å². The van der Waals surface area contributed by atoms with Crippen LogP contribution in [0.1, 0.15) is 0 Å². The topological polar surface area (TPSA) is 82.2 Å². The lowest BCUT2D eigenvalue weighted by atomic mass is 10.3. The Morgan fingerprint density at radius 1 is 1.60 bits per heavy atom. The highest BCUT2D eigenvalue weighted by Gasteiger charge is 2.13. The molecular formula is C12H14FIN4O2. The fraction of sp³-hybridized carbons (Fsp3) is 0.333. The first-order valence-corrected chi connectivity index (χ1v) is 6.97. The molecule has 0 saturated carbocycles. The van der Waals surface area contributed by atoms with Crippen LogP contribution >= 0.6 is 22.6 Å². The lowest BCUT2D eigenvalue weighted by Crippen LogP contribution is -2.30. The number of carbonyl (C=O) groups is 1. The summed E-state index contributed by atoms with van der Waals surface area (Å²) in [6, 6.07) is 2.93. The number of halogens is 2. The molecule has 2 rings (SSSR count). The molecule has 8 heteroatoms. The lowest BCUT2D eigenvalue weighted by Gasteiger charge is -2.07. The molecule has 0 unspecified atom stereocenters. The van der Waals surface area contributed by atoms with Gasteiger partial charge in [0.15, 0.2) is 0 Å². The van der Waals surface area contributed by atoms with E-state index in [-0.39, 0.29) is 24.2 Å². The zero-order chi connectivity index (χ0) is 14.7. The van der Waals surface area contributed by atoms with Gasteiger partial charge in [-0.15, -0.1) is 0 Å². The van der Waals surface area contributed by atoms with Crippen LogP contribution in [-0.4, -0.2) is 35.7 Å². The van der Waals surface area contributed by atoms with E-state index in [1.54, 1.807) is 13.2 Å². The quantitative estimate of drug-likeness (QED) is 0.591. The minimum absolute atomic E-state index is 0.00786. The van der Waals surface area contributed by atoms with Crippen molar-refractivity contribution in [2.45, 2.75) is 6.54 Å². The normalized spacial score (nSPS) is 10.9. The molecule has 0 aliphatic heterocycles. The first-order chi connectivity index (χ1) is 9.52. The monoisotopic (exact) mass is 392 g/mol. The maximum atomic E-state index is 13.6. The summed E-state index contributed by atoms with van der Waals surface area (Å²) >= 11 is 1.88. The number of aromatic nitrogens is 2. The Hall–Kier alpha value is -1.42. The summed E-state index contributed by atoms with van der Waals surface area (Å²) in [4.78, 5) is 15.9. The number of hydrogen-bond donors (Lipinski definition) is 2. The third-order valence-corrected chi connectivity index (χ3v) is 3.58. The number of benzene rings is 1. The molecule has 0 fully saturated rings. The summed E-state index contributed by atoms with van der Waals surface area (Å²) in [5, 5.41) is 2.68. The third-order valence-electron chi connectivity index (χ3n) is 2.75. The highest BCUT2D eigenvalue weighted by molar-refractivity contribution is 14.1. The van der Waals surface area contributed by atoms with E-state index in [1.165, 1.54) is 10.6 Å². The van der Waals surface area contributed by atoms with Crippen LogP contribution in [0.5, 0.6) is 0 Å². The Morgan fingerprint density at radius 3 is 3.05 bits per heavy atom. The number of methoxy groups -OCH3 is 1. The molecule has 0 atom stereocenters. The molecular weight excluding hydrogens is 378 g/mol. The second-order valence-corrected chi connectivity index (χ2v) is 5.32. The van der Waals surface area contributed by atoms with Crippen molar-refractivity contribution >= 4 is 45.5 Å². The van der Waals surface area contributed by atoms with Gasteiger partial charge in [0, 0.05) is 19.7 Å². The minimum atomic E-state index is -0.362. The number of anilines is 1. The minimum Gasteiger partial charge on any atom is -0.383 e. The first kappa shape index (κ1) is 15.0. The summed E-state index contributed by atoms with van der Waals surface area (Å²) in [6.07, 6.45) is 0. The van der Waals surface area contributed by atoms with Gasteiger partial charge in [-0.25, -0.2) is 9.37 Å². The maximum absolute atomic E-state index is 13.6. The average molecular weight is 392 g/mol. The number of nitrogen functional groups attached to an aromatic ring is 1. The van der Waals surface area contributed by atoms with Gasteiger partial charge in [-0.05, 0) is 28.7 Å². The lowest BCUT2D eigenvalue weighted by molar-refractivity contribution is -0.121. The Labute approximate surface area is 128 Å².